The van der Waals surface area contributed by atoms with Crippen LogP contribution in [0, 0.1) is 11.8 Å². The highest BCUT2D eigenvalue weighted by atomic mass is 16.2. The van der Waals surface area contributed by atoms with Crippen molar-refractivity contribution in [3.63, 3.8) is 0 Å². The van der Waals surface area contributed by atoms with E-state index in [2.05, 4.69) is 18.7 Å². The number of allylic oxidation sites excluding steroid dienone is 3. The molecule has 1 N–H and O–H groups in total. The van der Waals surface area contributed by atoms with Gasteiger partial charge in [-0.1, -0.05) is 18.2 Å². The molecule has 0 radical (unpaired) electrons. The molecular formula is C12H20O. The second kappa shape index (κ2) is 5.98. The molecule has 0 aromatic carbocycles. The second-order valence-electron chi connectivity index (χ2n) is 3.82. The minimum atomic E-state index is 0.305. The fraction of sp³-hybridized carbons (Fsp3) is 0.667. The summed E-state index contributed by atoms with van der Waals surface area (Å²) in [6.07, 6.45) is 12.3. The summed E-state index contributed by atoms with van der Waals surface area (Å²) in [5.41, 5.74) is 0. The first-order valence-electron chi connectivity index (χ1n) is 5.27. The van der Waals surface area contributed by atoms with Crippen molar-refractivity contribution in [2.75, 3.05) is 6.61 Å². The maximum absolute atomic E-state index is 8.61. The molecule has 1 rings (SSSR count). The van der Waals surface area contributed by atoms with Crippen LogP contribution < -0.4 is 0 Å². The number of hydrogen-bond acceptors (Lipinski definition) is 1. The Bertz CT molecular complexity index is 168. The molecule has 74 valence electrons. The molecule has 1 nitrogen and oxygen atoms in total. The Labute approximate surface area is 81.2 Å². The molecular weight excluding hydrogens is 160 g/mol. The van der Waals surface area contributed by atoms with Gasteiger partial charge in [0.2, 0.25) is 0 Å². The molecule has 0 saturated heterocycles. The van der Waals surface area contributed by atoms with Crippen LogP contribution in [0.15, 0.2) is 24.8 Å². The van der Waals surface area contributed by atoms with E-state index in [9.17, 15) is 0 Å². The van der Waals surface area contributed by atoms with Crippen molar-refractivity contribution in [1.29, 1.82) is 0 Å². The normalized spacial score (nSPS) is 19.2. The zero-order chi connectivity index (χ0) is 9.52. The van der Waals surface area contributed by atoms with Crippen LogP contribution in [0.2, 0.25) is 0 Å². The Balaban J connectivity index is 2.20. The van der Waals surface area contributed by atoms with Crippen LogP contribution in [0.1, 0.15) is 32.1 Å². The van der Waals surface area contributed by atoms with Crippen molar-refractivity contribution in [3.8, 4) is 0 Å². The maximum Gasteiger partial charge on any atom is 0.0433 e. The van der Waals surface area contributed by atoms with Crippen LogP contribution in [-0.2, 0) is 0 Å². The Hall–Kier alpha value is -0.560. The van der Waals surface area contributed by atoms with Crippen molar-refractivity contribution in [1.82, 2.24) is 0 Å². The summed E-state index contributed by atoms with van der Waals surface area (Å²) in [5.74, 6) is 1.64. The third-order valence-corrected chi connectivity index (χ3v) is 2.58. The third kappa shape index (κ3) is 4.28. The largest absolute Gasteiger partial charge is 0.396 e. The van der Waals surface area contributed by atoms with Gasteiger partial charge >= 0.3 is 0 Å². The van der Waals surface area contributed by atoms with Crippen molar-refractivity contribution in [3.05, 3.63) is 24.8 Å². The van der Waals surface area contributed by atoms with Crippen molar-refractivity contribution in [2.45, 2.75) is 32.1 Å². The fourth-order valence-electron chi connectivity index (χ4n) is 1.63. The molecule has 0 aromatic rings. The summed E-state index contributed by atoms with van der Waals surface area (Å²) in [7, 11) is 0. The lowest BCUT2D eigenvalue weighted by Gasteiger charge is -2.07. The Morgan fingerprint density at radius 2 is 2.23 bits per heavy atom. The zero-order valence-electron chi connectivity index (χ0n) is 8.28. The van der Waals surface area contributed by atoms with Crippen LogP contribution in [0.25, 0.3) is 0 Å². The average molecular weight is 180 g/mol. The van der Waals surface area contributed by atoms with Gasteiger partial charge in [0.15, 0.2) is 0 Å². The third-order valence-electron chi connectivity index (χ3n) is 2.58. The molecule has 1 aliphatic carbocycles. The van der Waals surface area contributed by atoms with Crippen molar-refractivity contribution < 1.29 is 5.11 Å². The first-order chi connectivity index (χ1) is 6.38. The van der Waals surface area contributed by atoms with E-state index in [4.69, 9.17) is 5.11 Å². The molecule has 13 heavy (non-hydrogen) atoms. The first-order valence-corrected chi connectivity index (χ1v) is 5.27. The van der Waals surface area contributed by atoms with Gasteiger partial charge in [-0.2, -0.15) is 0 Å². The Kier molecular flexibility index (Phi) is 4.84. The van der Waals surface area contributed by atoms with E-state index >= 15 is 0 Å². The van der Waals surface area contributed by atoms with Crippen LogP contribution in [0.5, 0.6) is 0 Å². The van der Waals surface area contributed by atoms with E-state index in [0.29, 0.717) is 6.61 Å². The van der Waals surface area contributed by atoms with Gasteiger partial charge in [-0.05, 0) is 43.9 Å². The molecule has 1 heteroatoms. The zero-order valence-corrected chi connectivity index (χ0v) is 8.28. The molecule has 1 atom stereocenters. The van der Waals surface area contributed by atoms with E-state index in [1.807, 2.05) is 6.08 Å². The van der Waals surface area contributed by atoms with Crippen LogP contribution in [0.3, 0.4) is 0 Å². The monoisotopic (exact) mass is 180 g/mol. The summed E-state index contributed by atoms with van der Waals surface area (Å²) in [6.45, 7) is 4.09. The predicted octanol–water partition coefficient (Wildman–Crippen LogP) is 2.92. The van der Waals surface area contributed by atoms with Gasteiger partial charge in [-0.3, -0.25) is 0 Å². The molecule has 0 spiro atoms. The Morgan fingerprint density at radius 3 is 2.77 bits per heavy atom. The molecule has 0 heterocycles. The molecule has 0 amide bonds. The van der Waals surface area contributed by atoms with Gasteiger partial charge in [0.25, 0.3) is 0 Å². The quantitative estimate of drug-likeness (QED) is 0.472. The lowest BCUT2D eigenvalue weighted by Crippen LogP contribution is -1.96. The lowest BCUT2D eigenvalue weighted by atomic mass is 9.99. The summed E-state index contributed by atoms with van der Waals surface area (Å²) in [5, 5.41) is 8.61. The minimum Gasteiger partial charge on any atom is -0.396 e. The molecule has 1 saturated carbocycles. The second-order valence-corrected chi connectivity index (χ2v) is 3.82. The molecule has 1 aliphatic rings. The van der Waals surface area contributed by atoms with E-state index in [-0.39, 0.29) is 0 Å². The number of aliphatic hydroxyl groups excluding tert-OH is 1. The van der Waals surface area contributed by atoms with E-state index in [1.165, 1.54) is 12.8 Å². The number of hydrogen-bond donors (Lipinski definition) is 1. The molecule has 0 aromatic heterocycles. The molecule has 0 aliphatic heterocycles. The fourth-order valence-corrected chi connectivity index (χ4v) is 1.63. The van der Waals surface area contributed by atoms with E-state index in [0.717, 1.165) is 31.1 Å². The highest BCUT2D eigenvalue weighted by molar-refractivity contribution is 4.98. The topological polar surface area (TPSA) is 20.2 Å². The highest BCUT2D eigenvalue weighted by Crippen LogP contribution is 2.39. The number of unbranched alkanes of at least 4 members (excludes halogenated alkanes) is 1. The first kappa shape index (κ1) is 10.5. The van der Waals surface area contributed by atoms with Gasteiger partial charge < -0.3 is 5.11 Å². The maximum atomic E-state index is 8.61. The summed E-state index contributed by atoms with van der Waals surface area (Å²) in [6, 6.07) is 0. The van der Waals surface area contributed by atoms with Crippen LogP contribution in [0.4, 0.5) is 0 Å². The van der Waals surface area contributed by atoms with Gasteiger partial charge in [0, 0.05) is 6.61 Å². The van der Waals surface area contributed by atoms with Gasteiger partial charge in [-0.25, -0.2) is 0 Å². The van der Waals surface area contributed by atoms with Crippen LogP contribution in [-0.4, -0.2) is 11.7 Å². The lowest BCUT2D eigenvalue weighted by molar-refractivity contribution is 0.289. The molecule has 0 bridgehead atoms. The number of rotatable bonds is 7. The van der Waals surface area contributed by atoms with Crippen molar-refractivity contribution >= 4 is 0 Å². The standard InChI is InChI=1S/C12H20O/c1-2-6-11(12-8-9-12)7-4-3-5-10-13/h2,4,7,11-13H,1,3,5-6,8-10H2/b7-4-/t11-/m1/s1. The smallest absolute Gasteiger partial charge is 0.0433 e. The molecule has 1 fully saturated rings. The number of aliphatic hydroxyl groups is 1. The van der Waals surface area contributed by atoms with Gasteiger partial charge in [-0.15, -0.1) is 6.58 Å². The van der Waals surface area contributed by atoms with E-state index in [1.54, 1.807) is 0 Å². The van der Waals surface area contributed by atoms with Crippen LogP contribution >= 0.6 is 0 Å². The summed E-state index contributed by atoms with van der Waals surface area (Å²) < 4.78 is 0. The Morgan fingerprint density at radius 1 is 1.46 bits per heavy atom. The van der Waals surface area contributed by atoms with E-state index < -0.39 is 0 Å². The average Bonchev–Trinajstić information content (AvgIpc) is 2.93. The predicted molar refractivity (Wildman–Crippen MR) is 56.5 cm³/mol. The highest BCUT2D eigenvalue weighted by Gasteiger charge is 2.28. The summed E-state index contributed by atoms with van der Waals surface area (Å²) >= 11 is 0. The minimum absolute atomic E-state index is 0.305. The van der Waals surface area contributed by atoms with Gasteiger partial charge in [0.05, 0.1) is 0 Å². The SMILES string of the molecule is C=CC[C@H](/C=C\CCCO)C1CC1. The summed E-state index contributed by atoms with van der Waals surface area (Å²) in [4.78, 5) is 0. The van der Waals surface area contributed by atoms with Gasteiger partial charge in [0.1, 0.15) is 0 Å². The van der Waals surface area contributed by atoms with Crippen molar-refractivity contribution in [2.24, 2.45) is 11.8 Å². The molecule has 0 unspecified atom stereocenters.